The molecule has 2 aromatic rings. The second kappa shape index (κ2) is 6.76. The van der Waals surface area contributed by atoms with E-state index < -0.39 is 17.0 Å². The van der Waals surface area contributed by atoms with Crippen LogP contribution in [0.4, 0.5) is 8.78 Å². The van der Waals surface area contributed by atoms with Crippen LogP contribution >= 0.6 is 23.2 Å². The molecule has 2 rings (SSSR count). The summed E-state index contributed by atoms with van der Waals surface area (Å²) in [4.78, 5) is 0. The van der Waals surface area contributed by atoms with Crippen LogP contribution < -0.4 is 0 Å². The minimum absolute atomic E-state index is 0.102. The molecular formula is C17H16Cl2F2. The number of halogens is 4. The summed E-state index contributed by atoms with van der Waals surface area (Å²) in [6, 6.07) is 7.84. The van der Waals surface area contributed by atoms with Crippen molar-refractivity contribution in [3.8, 4) is 0 Å². The molecule has 1 atom stereocenters. The second-order valence-corrected chi connectivity index (χ2v) is 5.73. The van der Waals surface area contributed by atoms with Gasteiger partial charge in [0.1, 0.15) is 11.6 Å². The number of aryl methyl sites for hydroxylation is 2. The standard InChI is InChI=1S/C17H16Cl2F2/c1-3-10-5-6-12(7-11(10)4-2)17(19)13-8-16(21)14(18)9-15(13)20/h5-9,17H,3-4H2,1-2H3. The van der Waals surface area contributed by atoms with Gasteiger partial charge in [0, 0.05) is 5.56 Å². The van der Waals surface area contributed by atoms with Crippen molar-refractivity contribution < 1.29 is 8.78 Å². The zero-order chi connectivity index (χ0) is 15.6. The summed E-state index contributed by atoms with van der Waals surface area (Å²) in [6.07, 6.45) is 1.80. The lowest BCUT2D eigenvalue weighted by Gasteiger charge is -2.15. The van der Waals surface area contributed by atoms with E-state index in [1.807, 2.05) is 18.2 Å². The van der Waals surface area contributed by atoms with Gasteiger partial charge in [0.2, 0.25) is 0 Å². The third-order valence-corrected chi connectivity index (χ3v) is 4.37. The molecule has 0 bridgehead atoms. The van der Waals surface area contributed by atoms with Crippen molar-refractivity contribution in [2.75, 3.05) is 0 Å². The third kappa shape index (κ3) is 3.38. The lowest BCUT2D eigenvalue weighted by Crippen LogP contribution is -2.01. The Hall–Kier alpha value is -1.12. The van der Waals surface area contributed by atoms with Crippen LogP contribution in [-0.4, -0.2) is 0 Å². The first-order valence-corrected chi connectivity index (χ1v) is 7.69. The Balaban J connectivity index is 2.45. The molecule has 0 nitrogen and oxygen atoms in total. The zero-order valence-electron chi connectivity index (χ0n) is 11.9. The SMILES string of the molecule is CCc1ccc(C(Cl)c2cc(F)c(Cl)cc2F)cc1CC. The summed E-state index contributed by atoms with van der Waals surface area (Å²) in [5, 5.41) is -0.983. The van der Waals surface area contributed by atoms with Gasteiger partial charge in [0.05, 0.1) is 10.4 Å². The third-order valence-electron chi connectivity index (χ3n) is 3.60. The van der Waals surface area contributed by atoms with Gasteiger partial charge in [-0.05, 0) is 41.7 Å². The first-order chi connectivity index (χ1) is 9.97. The molecule has 0 radical (unpaired) electrons. The number of hydrogen-bond donors (Lipinski definition) is 0. The van der Waals surface area contributed by atoms with Crippen molar-refractivity contribution in [1.29, 1.82) is 0 Å². The Bertz CT molecular complexity index is 653. The van der Waals surface area contributed by atoms with E-state index in [1.54, 1.807) is 0 Å². The highest BCUT2D eigenvalue weighted by atomic mass is 35.5. The van der Waals surface area contributed by atoms with Crippen LogP contribution in [0.3, 0.4) is 0 Å². The Labute approximate surface area is 133 Å². The Morgan fingerprint density at radius 2 is 1.62 bits per heavy atom. The molecule has 0 spiro atoms. The molecule has 0 amide bonds. The highest BCUT2D eigenvalue weighted by Crippen LogP contribution is 2.34. The molecule has 0 N–H and O–H groups in total. The minimum atomic E-state index is -0.743. The van der Waals surface area contributed by atoms with Crippen LogP contribution in [-0.2, 0) is 12.8 Å². The molecular weight excluding hydrogens is 313 g/mol. The maximum absolute atomic E-state index is 14.0. The van der Waals surface area contributed by atoms with Gasteiger partial charge in [-0.25, -0.2) is 8.78 Å². The van der Waals surface area contributed by atoms with Crippen LogP contribution in [0.2, 0.25) is 5.02 Å². The smallest absolute Gasteiger partial charge is 0.142 e. The number of alkyl halides is 1. The van der Waals surface area contributed by atoms with Gasteiger partial charge in [-0.1, -0.05) is 43.6 Å². The van der Waals surface area contributed by atoms with Crippen molar-refractivity contribution >= 4 is 23.2 Å². The molecule has 0 saturated heterocycles. The van der Waals surface area contributed by atoms with Crippen molar-refractivity contribution in [1.82, 2.24) is 0 Å². The van der Waals surface area contributed by atoms with Gasteiger partial charge in [-0.3, -0.25) is 0 Å². The van der Waals surface area contributed by atoms with Crippen LogP contribution in [0.5, 0.6) is 0 Å². The molecule has 0 fully saturated rings. The zero-order valence-corrected chi connectivity index (χ0v) is 13.4. The van der Waals surface area contributed by atoms with Gasteiger partial charge >= 0.3 is 0 Å². The monoisotopic (exact) mass is 328 g/mol. The van der Waals surface area contributed by atoms with Crippen molar-refractivity contribution in [2.45, 2.75) is 32.1 Å². The molecule has 112 valence electrons. The summed E-state index contributed by atoms with van der Waals surface area (Å²) in [5.41, 5.74) is 3.28. The summed E-state index contributed by atoms with van der Waals surface area (Å²) in [7, 11) is 0. The number of rotatable bonds is 4. The lowest BCUT2D eigenvalue weighted by molar-refractivity contribution is 0.587. The predicted molar refractivity (Wildman–Crippen MR) is 84.3 cm³/mol. The molecule has 0 heterocycles. The number of hydrogen-bond acceptors (Lipinski definition) is 0. The van der Waals surface area contributed by atoms with Crippen LogP contribution in [0.15, 0.2) is 30.3 Å². The molecule has 4 heteroatoms. The maximum atomic E-state index is 14.0. The minimum Gasteiger partial charge on any atom is -0.207 e. The maximum Gasteiger partial charge on any atom is 0.142 e. The van der Waals surface area contributed by atoms with Gasteiger partial charge in [0.25, 0.3) is 0 Å². The lowest BCUT2D eigenvalue weighted by atomic mass is 9.96. The molecule has 0 aliphatic heterocycles. The Kier molecular flexibility index (Phi) is 5.23. The molecule has 2 aromatic carbocycles. The first-order valence-electron chi connectivity index (χ1n) is 6.88. The summed E-state index contributed by atoms with van der Waals surface area (Å²) >= 11 is 11.9. The van der Waals surface area contributed by atoms with Gasteiger partial charge in [0.15, 0.2) is 0 Å². The van der Waals surface area contributed by atoms with E-state index in [4.69, 9.17) is 23.2 Å². The summed E-state index contributed by atoms with van der Waals surface area (Å²) in [6.45, 7) is 4.14. The van der Waals surface area contributed by atoms with Gasteiger partial charge < -0.3 is 0 Å². The predicted octanol–water partition coefficient (Wildman–Crippen LogP) is 6.07. The Morgan fingerprint density at radius 3 is 2.24 bits per heavy atom. The quantitative estimate of drug-likeness (QED) is 0.472. The van der Waals surface area contributed by atoms with E-state index in [2.05, 4.69) is 13.8 Å². The second-order valence-electron chi connectivity index (χ2n) is 4.89. The van der Waals surface area contributed by atoms with Crippen molar-refractivity contribution in [2.24, 2.45) is 0 Å². The largest absolute Gasteiger partial charge is 0.207 e. The molecule has 0 aliphatic rings. The number of benzene rings is 2. The van der Waals surface area contributed by atoms with E-state index in [0.717, 1.165) is 30.5 Å². The van der Waals surface area contributed by atoms with Crippen LogP contribution in [0, 0.1) is 11.6 Å². The van der Waals surface area contributed by atoms with Crippen molar-refractivity contribution in [3.05, 3.63) is 69.2 Å². The molecule has 21 heavy (non-hydrogen) atoms. The highest BCUT2D eigenvalue weighted by molar-refractivity contribution is 6.30. The van der Waals surface area contributed by atoms with E-state index in [-0.39, 0.29) is 10.6 Å². The fourth-order valence-corrected chi connectivity index (χ4v) is 2.84. The topological polar surface area (TPSA) is 0 Å². The fraction of sp³-hybridized carbons (Fsp3) is 0.294. The molecule has 1 unspecified atom stereocenters. The van der Waals surface area contributed by atoms with E-state index in [0.29, 0.717) is 0 Å². The van der Waals surface area contributed by atoms with Crippen LogP contribution in [0.25, 0.3) is 0 Å². The summed E-state index contributed by atoms with van der Waals surface area (Å²) < 4.78 is 27.5. The van der Waals surface area contributed by atoms with Gasteiger partial charge in [-0.2, -0.15) is 0 Å². The average molecular weight is 329 g/mol. The Morgan fingerprint density at radius 1 is 0.952 bits per heavy atom. The van der Waals surface area contributed by atoms with E-state index in [1.165, 1.54) is 11.1 Å². The summed E-state index contributed by atoms with van der Waals surface area (Å²) in [5.74, 6) is -1.27. The normalized spacial score (nSPS) is 12.5. The van der Waals surface area contributed by atoms with E-state index >= 15 is 0 Å². The fourth-order valence-electron chi connectivity index (χ4n) is 2.39. The van der Waals surface area contributed by atoms with Crippen molar-refractivity contribution in [3.63, 3.8) is 0 Å². The van der Waals surface area contributed by atoms with E-state index in [9.17, 15) is 8.78 Å². The molecule has 0 aromatic heterocycles. The highest BCUT2D eigenvalue weighted by Gasteiger charge is 2.18. The first kappa shape index (κ1) is 16.3. The van der Waals surface area contributed by atoms with Crippen LogP contribution in [0.1, 0.15) is 41.5 Å². The molecule has 0 aliphatic carbocycles. The molecule has 0 saturated carbocycles. The average Bonchev–Trinajstić information content (AvgIpc) is 2.49. The van der Waals surface area contributed by atoms with Gasteiger partial charge in [-0.15, -0.1) is 11.6 Å².